The van der Waals surface area contributed by atoms with Crippen LogP contribution in [0, 0.1) is 0 Å². The van der Waals surface area contributed by atoms with Crippen LogP contribution in [0.15, 0.2) is 0 Å². The highest BCUT2D eigenvalue weighted by Crippen LogP contribution is 2.43. The monoisotopic (exact) mass is 241 g/mol. The molecule has 2 rings (SSSR count). The third kappa shape index (κ3) is 2.10. The molecule has 0 saturated heterocycles. The molecule has 0 aromatic carbocycles. The van der Waals surface area contributed by atoms with Crippen LogP contribution in [0.5, 0.6) is 0 Å². The fraction of sp³-hybridized carbons (Fsp3) is 0.636. The normalized spacial score (nSPS) is 17.4. The third-order valence-corrected chi connectivity index (χ3v) is 3.91. The van der Waals surface area contributed by atoms with Gasteiger partial charge in [-0.3, -0.25) is 0 Å². The van der Waals surface area contributed by atoms with E-state index < -0.39 is 5.97 Å². The summed E-state index contributed by atoms with van der Waals surface area (Å²) in [5.74, 6) is -0.498. The molecule has 1 aliphatic carbocycles. The predicted molar refractivity (Wildman–Crippen MR) is 61.1 cm³/mol. The van der Waals surface area contributed by atoms with E-state index in [-0.39, 0.29) is 6.10 Å². The molecule has 1 aliphatic rings. The van der Waals surface area contributed by atoms with E-state index in [9.17, 15) is 4.79 Å². The first-order chi connectivity index (χ1) is 7.67. The first-order valence-corrected chi connectivity index (χ1v) is 6.25. The Kier molecular flexibility index (Phi) is 3.25. The van der Waals surface area contributed by atoms with Crippen LogP contribution in [0.25, 0.3) is 0 Å². The SMILES string of the molecule is CCC(OC)c1nc(C2CC2)c(C(=O)O)s1. The predicted octanol–water partition coefficient (Wildman–Crippen LogP) is 2.82. The first kappa shape index (κ1) is 11.5. The van der Waals surface area contributed by atoms with Crippen molar-refractivity contribution < 1.29 is 14.6 Å². The minimum atomic E-state index is -0.864. The average molecular weight is 241 g/mol. The number of methoxy groups -OCH3 is 1. The molecule has 1 aromatic rings. The summed E-state index contributed by atoms with van der Waals surface area (Å²) >= 11 is 1.26. The number of nitrogens with zero attached hydrogens (tertiary/aromatic N) is 1. The number of aromatic nitrogens is 1. The van der Waals surface area contributed by atoms with Crippen molar-refractivity contribution in [1.29, 1.82) is 0 Å². The Hall–Kier alpha value is -0.940. The van der Waals surface area contributed by atoms with Gasteiger partial charge in [-0.2, -0.15) is 0 Å². The Morgan fingerprint density at radius 2 is 2.38 bits per heavy atom. The van der Waals surface area contributed by atoms with E-state index in [1.54, 1.807) is 7.11 Å². The zero-order chi connectivity index (χ0) is 11.7. The maximum atomic E-state index is 11.1. The molecule has 1 heterocycles. The molecule has 4 nitrogen and oxygen atoms in total. The molecule has 1 saturated carbocycles. The van der Waals surface area contributed by atoms with E-state index in [0.717, 1.165) is 30.0 Å². The largest absolute Gasteiger partial charge is 0.477 e. The topological polar surface area (TPSA) is 59.4 Å². The smallest absolute Gasteiger partial charge is 0.347 e. The van der Waals surface area contributed by atoms with Gasteiger partial charge in [-0.1, -0.05) is 6.92 Å². The van der Waals surface area contributed by atoms with Crippen LogP contribution in [0.3, 0.4) is 0 Å². The van der Waals surface area contributed by atoms with Crippen LogP contribution in [-0.4, -0.2) is 23.2 Å². The lowest BCUT2D eigenvalue weighted by molar-refractivity contribution is 0.0700. The Bertz CT molecular complexity index is 394. The third-order valence-electron chi connectivity index (χ3n) is 2.76. The number of ether oxygens (including phenoxy) is 1. The lowest BCUT2D eigenvalue weighted by Crippen LogP contribution is -1.99. The van der Waals surface area contributed by atoms with Crippen LogP contribution in [0.1, 0.15) is 58.6 Å². The minimum Gasteiger partial charge on any atom is -0.477 e. The van der Waals surface area contributed by atoms with Gasteiger partial charge >= 0.3 is 5.97 Å². The number of aromatic carboxylic acids is 1. The molecule has 0 radical (unpaired) electrons. The lowest BCUT2D eigenvalue weighted by atomic mass is 10.2. The molecule has 88 valence electrons. The molecule has 5 heteroatoms. The van der Waals surface area contributed by atoms with Crippen LogP contribution in [-0.2, 0) is 4.74 Å². The van der Waals surface area contributed by atoms with Gasteiger partial charge in [0.05, 0.1) is 5.69 Å². The quantitative estimate of drug-likeness (QED) is 0.861. The molecule has 1 fully saturated rings. The minimum absolute atomic E-state index is 0.0735. The summed E-state index contributed by atoms with van der Waals surface area (Å²) in [4.78, 5) is 15.9. The zero-order valence-electron chi connectivity index (χ0n) is 9.40. The van der Waals surface area contributed by atoms with Gasteiger partial charge < -0.3 is 9.84 Å². The molecular weight excluding hydrogens is 226 g/mol. The van der Waals surface area contributed by atoms with Crippen molar-refractivity contribution in [2.45, 2.75) is 38.2 Å². The summed E-state index contributed by atoms with van der Waals surface area (Å²) in [6, 6.07) is 0. The Labute approximate surface area is 98.3 Å². The van der Waals surface area contributed by atoms with Gasteiger partial charge in [0.25, 0.3) is 0 Å². The van der Waals surface area contributed by atoms with E-state index in [1.807, 2.05) is 6.92 Å². The lowest BCUT2D eigenvalue weighted by Gasteiger charge is -2.08. The molecule has 1 unspecified atom stereocenters. The number of hydrogen-bond donors (Lipinski definition) is 1. The number of rotatable bonds is 5. The van der Waals surface area contributed by atoms with Crippen molar-refractivity contribution >= 4 is 17.3 Å². The van der Waals surface area contributed by atoms with E-state index in [2.05, 4.69) is 4.98 Å². The number of hydrogen-bond acceptors (Lipinski definition) is 4. The van der Waals surface area contributed by atoms with Crippen molar-refractivity contribution in [3.8, 4) is 0 Å². The van der Waals surface area contributed by atoms with Gasteiger partial charge in [-0.15, -0.1) is 11.3 Å². The number of thiazole rings is 1. The molecule has 0 spiro atoms. The molecule has 1 aromatic heterocycles. The standard InChI is InChI=1S/C11H15NO3S/c1-3-7(15-2)10-12-8(6-4-5-6)9(16-10)11(13)14/h6-7H,3-5H2,1-2H3,(H,13,14). The second kappa shape index (κ2) is 4.51. The Morgan fingerprint density at radius 3 is 2.81 bits per heavy atom. The Balaban J connectivity index is 2.33. The van der Waals surface area contributed by atoms with Gasteiger partial charge in [0.1, 0.15) is 16.0 Å². The summed E-state index contributed by atoms with van der Waals surface area (Å²) in [6.07, 6.45) is 2.86. The number of carboxylic acids is 1. The highest BCUT2D eigenvalue weighted by Gasteiger charge is 2.33. The van der Waals surface area contributed by atoms with Crippen molar-refractivity contribution in [2.75, 3.05) is 7.11 Å². The van der Waals surface area contributed by atoms with Gasteiger partial charge in [-0.25, -0.2) is 9.78 Å². The second-order valence-electron chi connectivity index (χ2n) is 3.98. The van der Waals surface area contributed by atoms with E-state index in [4.69, 9.17) is 9.84 Å². The van der Waals surface area contributed by atoms with Crippen LogP contribution >= 0.6 is 11.3 Å². The molecule has 1 N–H and O–H groups in total. The average Bonchev–Trinajstić information content (AvgIpc) is 3.01. The van der Waals surface area contributed by atoms with Crippen LogP contribution < -0.4 is 0 Å². The summed E-state index contributed by atoms with van der Waals surface area (Å²) in [6.45, 7) is 2.01. The van der Waals surface area contributed by atoms with Crippen molar-refractivity contribution in [3.63, 3.8) is 0 Å². The van der Waals surface area contributed by atoms with Gasteiger partial charge in [-0.05, 0) is 19.3 Å². The van der Waals surface area contributed by atoms with Gasteiger partial charge in [0, 0.05) is 13.0 Å². The van der Waals surface area contributed by atoms with E-state index in [0.29, 0.717) is 10.8 Å². The highest BCUT2D eigenvalue weighted by atomic mass is 32.1. The summed E-state index contributed by atoms with van der Waals surface area (Å²) in [7, 11) is 1.63. The fourth-order valence-electron chi connectivity index (χ4n) is 1.72. The summed E-state index contributed by atoms with van der Waals surface area (Å²) in [5, 5.41) is 9.91. The molecule has 0 bridgehead atoms. The first-order valence-electron chi connectivity index (χ1n) is 5.44. The van der Waals surface area contributed by atoms with Gasteiger partial charge in [0.2, 0.25) is 0 Å². The molecule has 16 heavy (non-hydrogen) atoms. The van der Waals surface area contributed by atoms with E-state index in [1.165, 1.54) is 11.3 Å². The second-order valence-corrected chi connectivity index (χ2v) is 5.01. The van der Waals surface area contributed by atoms with Crippen molar-refractivity contribution in [1.82, 2.24) is 4.98 Å². The zero-order valence-corrected chi connectivity index (χ0v) is 10.2. The fourth-order valence-corrected chi connectivity index (χ4v) is 2.87. The maximum absolute atomic E-state index is 11.1. The molecule has 0 aliphatic heterocycles. The molecular formula is C11H15NO3S. The van der Waals surface area contributed by atoms with Gasteiger partial charge in [0.15, 0.2) is 0 Å². The van der Waals surface area contributed by atoms with E-state index >= 15 is 0 Å². The number of carbonyl (C=O) groups is 1. The Morgan fingerprint density at radius 1 is 1.69 bits per heavy atom. The molecule has 1 atom stereocenters. The van der Waals surface area contributed by atoms with Crippen LogP contribution in [0.2, 0.25) is 0 Å². The maximum Gasteiger partial charge on any atom is 0.347 e. The molecule has 0 amide bonds. The van der Waals surface area contributed by atoms with Crippen LogP contribution in [0.4, 0.5) is 0 Å². The highest BCUT2D eigenvalue weighted by molar-refractivity contribution is 7.13. The van der Waals surface area contributed by atoms with Crippen molar-refractivity contribution in [3.05, 3.63) is 15.6 Å². The summed E-state index contributed by atoms with van der Waals surface area (Å²) < 4.78 is 5.29. The number of carboxylic acid groups (broad SMARTS) is 1. The van der Waals surface area contributed by atoms with Crippen molar-refractivity contribution in [2.24, 2.45) is 0 Å². The summed E-state index contributed by atoms with van der Waals surface area (Å²) in [5.41, 5.74) is 0.767.